The van der Waals surface area contributed by atoms with Crippen molar-refractivity contribution >= 4 is 16.7 Å². The van der Waals surface area contributed by atoms with Crippen molar-refractivity contribution < 1.29 is 14.3 Å². The lowest BCUT2D eigenvalue weighted by Crippen LogP contribution is -2.28. The van der Waals surface area contributed by atoms with E-state index in [4.69, 9.17) is 9.47 Å². The molecule has 0 spiro atoms. The van der Waals surface area contributed by atoms with Crippen molar-refractivity contribution in [2.45, 2.75) is 19.9 Å². The first kappa shape index (κ1) is 17.7. The Hall–Kier alpha value is -3.15. The summed E-state index contributed by atoms with van der Waals surface area (Å²) in [6.45, 7) is 2.02. The molecule has 0 N–H and O–H groups in total. The second kappa shape index (κ2) is 7.82. The summed E-state index contributed by atoms with van der Waals surface area (Å²) in [5.74, 6) is 0.256. The predicted octanol–water partition coefficient (Wildman–Crippen LogP) is 3.03. The molecular formula is C20H20N2O4. The van der Waals surface area contributed by atoms with Crippen molar-refractivity contribution in [3.8, 4) is 17.0 Å². The van der Waals surface area contributed by atoms with Crippen LogP contribution in [0.25, 0.3) is 22.0 Å². The molecule has 3 rings (SSSR count). The third kappa shape index (κ3) is 3.59. The molecule has 0 saturated carbocycles. The molecule has 0 atom stereocenters. The van der Waals surface area contributed by atoms with Crippen LogP contribution in [-0.2, 0) is 16.1 Å². The number of fused-ring (bicyclic) bond motifs is 1. The lowest BCUT2D eigenvalue weighted by Gasteiger charge is -2.11. The number of nitrogens with zero attached hydrogens (tertiary/aromatic N) is 2. The van der Waals surface area contributed by atoms with E-state index in [1.165, 1.54) is 4.68 Å². The normalized spacial score (nSPS) is 10.7. The van der Waals surface area contributed by atoms with Crippen LogP contribution in [0.2, 0.25) is 0 Å². The predicted molar refractivity (Wildman–Crippen MR) is 99.2 cm³/mol. The summed E-state index contributed by atoms with van der Waals surface area (Å²) in [4.78, 5) is 24.6. The number of ether oxygens (including phenoxy) is 2. The fourth-order valence-electron chi connectivity index (χ4n) is 2.69. The molecule has 3 aromatic rings. The van der Waals surface area contributed by atoms with Crippen LogP contribution in [0.15, 0.2) is 53.3 Å². The van der Waals surface area contributed by atoms with E-state index in [1.807, 2.05) is 43.3 Å². The van der Waals surface area contributed by atoms with Crippen molar-refractivity contribution in [2.75, 3.05) is 13.7 Å². The summed E-state index contributed by atoms with van der Waals surface area (Å²) in [5.41, 5.74) is 1.15. The number of rotatable bonds is 6. The van der Waals surface area contributed by atoms with Gasteiger partial charge in [0.2, 0.25) is 0 Å². The molecule has 1 heterocycles. The Bertz CT molecular complexity index is 977. The van der Waals surface area contributed by atoms with E-state index in [0.717, 1.165) is 23.1 Å². The van der Waals surface area contributed by atoms with Gasteiger partial charge in [0.05, 0.1) is 24.8 Å². The topological polar surface area (TPSA) is 70.4 Å². The molecule has 0 radical (unpaired) electrons. The molecule has 0 unspecified atom stereocenters. The average Bonchev–Trinajstić information content (AvgIpc) is 2.68. The number of hydrogen-bond donors (Lipinski definition) is 0. The molecule has 6 heteroatoms. The summed E-state index contributed by atoms with van der Waals surface area (Å²) in [6, 6.07) is 14.6. The van der Waals surface area contributed by atoms with Gasteiger partial charge in [0.1, 0.15) is 12.3 Å². The highest BCUT2D eigenvalue weighted by atomic mass is 16.5. The van der Waals surface area contributed by atoms with E-state index in [-0.39, 0.29) is 12.1 Å². The van der Waals surface area contributed by atoms with Crippen LogP contribution in [0.5, 0.6) is 5.75 Å². The monoisotopic (exact) mass is 352 g/mol. The lowest BCUT2D eigenvalue weighted by atomic mass is 10.0. The van der Waals surface area contributed by atoms with Crippen LogP contribution < -0.4 is 10.3 Å². The maximum absolute atomic E-state index is 12.7. The smallest absolute Gasteiger partial charge is 0.327 e. The number of aromatic nitrogens is 2. The summed E-state index contributed by atoms with van der Waals surface area (Å²) in [7, 11) is 1.60. The molecule has 0 aliphatic carbocycles. The van der Waals surface area contributed by atoms with Gasteiger partial charge in [0.25, 0.3) is 5.56 Å². The average molecular weight is 352 g/mol. The molecule has 26 heavy (non-hydrogen) atoms. The summed E-state index contributed by atoms with van der Waals surface area (Å²) >= 11 is 0. The standard InChI is InChI=1S/C20H20N2O4/c1-3-12-26-18(23)13-22-20(24)17-7-5-4-6-16(17)19(21-22)14-8-10-15(25-2)11-9-14/h4-11H,3,12-13H2,1-2H3. The zero-order valence-corrected chi connectivity index (χ0v) is 14.8. The van der Waals surface area contributed by atoms with Crippen molar-refractivity contribution in [1.82, 2.24) is 9.78 Å². The van der Waals surface area contributed by atoms with E-state index in [2.05, 4.69) is 5.10 Å². The van der Waals surface area contributed by atoms with Crippen LogP contribution in [0.3, 0.4) is 0 Å². The molecule has 134 valence electrons. The zero-order valence-electron chi connectivity index (χ0n) is 14.8. The van der Waals surface area contributed by atoms with Crippen LogP contribution in [0.4, 0.5) is 0 Å². The van der Waals surface area contributed by atoms with E-state index < -0.39 is 5.97 Å². The van der Waals surface area contributed by atoms with Crippen LogP contribution in [0.1, 0.15) is 13.3 Å². The van der Waals surface area contributed by atoms with E-state index in [1.54, 1.807) is 19.2 Å². The Labute approximate surface area is 151 Å². The van der Waals surface area contributed by atoms with E-state index in [9.17, 15) is 9.59 Å². The van der Waals surface area contributed by atoms with Gasteiger partial charge in [-0.3, -0.25) is 9.59 Å². The summed E-state index contributed by atoms with van der Waals surface area (Å²) in [6.07, 6.45) is 0.725. The van der Waals surface area contributed by atoms with E-state index in [0.29, 0.717) is 17.7 Å². The Morgan fingerprint density at radius 3 is 2.42 bits per heavy atom. The Morgan fingerprint density at radius 1 is 1.08 bits per heavy atom. The largest absolute Gasteiger partial charge is 0.497 e. The van der Waals surface area contributed by atoms with Gasteiger partial charge in [0, 0.05) is 10.9 Å². The van der Waals surface area contributed by atoms with Gasteiger partial charge < -0.3 is 9.47 Å². The number of carbonyl (C=O) groups is 1. The van der Waals surface area contributed by atoms with Crippen LogP contribution in [0, 0.1) is 0 Å². The molecule has 0 aliphatic heterocycles. The molecule has 0 bridgehead atoms. The number of methoxy groups -OCH3 is 1. The first-order valence-corrected chi connectivity index (χ1v) is 8.44. The third-order valence-electron chi connectivity index (χ3n) is 3.98. The maximum Gasteiger partial charge on any atom is 0.327 e. The fourth-order valence-corrected chi connectivity index (χ4v) is 2.69. The van der Waals surface area contributed by atoms with Gasteiger partial charge in [-0.05, 0) is 36.8 Å². The van der Waals surface area contributed by atoms with Crippen molar-refractivity contribution in [2.24, 2.45) is 0 Å². The zero-order chi connectivity index (χ0) is 18.5. The highest BCUT2D eigenvalue weighted by Gasteiger charge is 2.14. The number of esters is 1. The maximum atomic E-state index is 12.7. The summed E-state index contributed by atoms with van der Waals surface area (Å²) < 4.78 is 11.4. The number of benzene rings is 2. The van der Waals surface area contributed by atoms with Crippen molar-refractivity contribution in [3.05, 3.63) is 58.9 Å². The second-order valence-electron chi connectivity index (χ2n) is 5.81. The lowest BCUT2D eigenvalue weighted by molar-refractivity contribution is -0.144. The SMILES string of the molecule is CCCOC(=O)Cn1nc(-c2ccc(OC)cc2)c2ccccc2c1=O. The molecule has 0 amide bonds. The fraction of sp³-hybridized carbons (Fsp3) is 0.250. The minimum atomic E-state index is -0.475. The van der Waals surface area contributed by atoms with E-state index >= 15 is 0 Å². The minimum absolute atomic E-state index is 0.215. The highest BCUT2D eigenvalue weighted by molar-refractivity contribution is 5.93. The third-order valence-corrected chi connectivity index (χ3v) is 3.98. The molecule has 6 nitrogen and oxygen atoms in total. The molecule has 0 aliphatic rings. The van der Waals surface area contributed by atoms with Crippen LogP contribution in [-0.4, -0.2) is 29.5 Å². The summed E-state index contributed by atoms with van der Waals surface area (Å²) in [5, 5.41) is 5.68. The quantitative estimate of drug-likeness (QED) is 0.638. The van der Waals surface area contributed by atoms with Gasteiger partial charge in [-0.15, -0.1) is 0 Å². The first-order valence-electron chi connectivity index (χ1n) is 8.44. The van der Waals surface area contributed by atoms with Crippen molar-refractivity contribution in [1.29, 1.82) is 0 Å². The number of hydrogen-bond acceptors (Lipinski definition) is 5. The molecular weight excluding hydrogens is 332 g/mol. The molecule has 0 fully saturated rings. The van der Waals surface area contributed by atoms with Gasteiger partial charge in [0.15, 0.2) is 0 Å². The highest BCUT2D eigenvalue weighted by Crippen LogP contribution is 2.26. The van der Waals surface area contributed by atoms with Gasteiger partial charge >= 0.3 is 5.97 Å². The van der Waals surface area contributed by atoms with Crippen molar-refractivity contribution in [3.63, 3.8) is 0 Å². The van der Waals surface area contributed by atoms with Crippen LogP contribution >= 0.6 is 0 Å². The Kier molecular flexibility index (Phi) is 5.31. The number of carbonyl (C=O) groups excluding carboxylic acids is 1. The molecule has 2 aromatic carbocycles. The first-order chi connectivity index (χ1) is 12.6. The second-order valence-corrected chi connectivity index (χ2v) is 5.81. The van der Waals surface area contributed by atoms with Gasteiger partial charge in [-0.1, -0.05) is 25.1 Å². The molecule has 0 saturated heterocycles. The minimum Gasteiger partial charge on any atom is -0.497 e. The van der Waals surface area contributed by atoms with Gasteiger partial charge in [-0.25, -0.2) is 4.68 Å². The Morgan fingerprint density at radius 2 is 1.77 bits per heavy atom. The Balaban J connectivity index is 2.10. The van der Waals surface area contributed by atoms with Gasteiger partial charge in [-0.2, -0.15) is 5.10 Å². The molecule has 1 aromatic heterocycles.